The fraction of sp³-hybridized carbons (Fsp3) is 0.367. The van der Waals surface area contributed by atoms with Crippen LogP contribution in [0.3, 0.4) is 0 Å². The van der Waals surface area contributed by atoms with Crippen LogP contribution in [0.25, 0.3) is 16.9 Å². The number of nitrogens with one attached hydrogen (secondary N) is 1. The number of carbonyl (C=O) groups is 1. The Kier molecular flexibility index (Phi) is 7.91. The van der Waals surface area contributed by atoms with E-state index < -0.39 is 6.04 Å². The summed E-state index contributed by atoms with van der Waals surface area (Å²) in [6.07, 6.45) is 9.91. The van der Waals surface area contributed by atoms with E-state index in [2.05, 4.69) is 28.3 Å². The standard InChI is InChI=1S/C30H35N9OS/c1-20-7-6-10-37(15-20)18-24-11-26(41-36-24)28(31)29-30-33-14-25(39(30)16-21(2)35-29)23-13-34-38(17-23)19-27(40)32-12-22-8-4-3-5-9-22/h3-5,8-9,11,13-14,16-17,20,28H,6-7,10,12,15,18-19,31H2,1-2H3,(H,32,40). The number of hydrogen-bond donors (Lipinski definition) is 2. The quantitative estimate of drug-likeness (QED) is 0.276. The van der Waals surface area contributed by atoms with E-state index in [1.165, 1.54) is 24.4 Å². The maximum absolute atomic E-state index is 12.5. The van der Waals surface area contributed by atoms with Gasteiger partial charge in [0.2, 0.25) is 5.91 Å². The molecule has 10 nitrogen and oxygen atoms in total. The second-order valence-electron chi connectivity index (χ2n) is 11.0. The molecule has 0 spiro atoms. The van der Waals surface area contributed by atoms with Crippen LogP contribution in [0, 0.1) is 12.8 Å². The summed E-state index contributed by atoms with van der Waals surface area (Å²) in [5, 5.41) is 7.36. The maximum atomic E-state index is 12.5. The van der Waals surface area contributed by atoms with Gasteiger partial charge in [-0.3, -0.25) is 23.8 Å². The van der Waals surface area contributed by atoms with Crippen LogP contribution in [0.1, 0.15) is 53.3 Å². The van der Waals surface area contributed by atoms with Gasteiger partial charge in [0.15, 0.2) is 5.65 Å². The van der Waals surface area contributed by atoms with Crippen molar-refractivity contribution < 1.29 is 4.79 Å². The summed E-state index contributed by atoms with van der Waals surface area (Å²) in [6.45, 7) is 7.97. The van der Waals surface area contributed by atoms with Crippen molar-refractivity contribution in [2.45, 2.75) is 52.4 Å². The van der Waals surface area contributed by atoms with E-state index in [1.54, 1.807) is 17.1 Å². The van der Waals surface area contributed by atoms with Gasteiger partial charge in [0.05, 0.1) is 35.5 Å². The number of hydrogen-bond acceptors (Lipinski definition) is 8. The smallest absolute Gasteiger partial charge is 0.241 e. The Morgan fingerprint density at radius 3 is 2.90 bits per heavy atom. The molecular formula is C30H35N9OS. The van der Waals surface area contributed by atoms with Crippen molar-refractivity contribution in [2.24, 2.45) is 11.7 Å². The number of carbonyl (C=O) groups excluding carboxylic acids is 1. The second kappa shape index (κ2) is 11.9. The van der Waals surface area contributed by atoms with Gasteiger partial charge in [-0.25, -0.2) is 4.98 Å². The minimum absolute atomic E-state index is 0.103. The molecule has 1 aliphatic heterocycles. The SMILES string of the molecule is Cc1cn2c(-c3cnn(CC(=O)NCc4ccccc4)c3)cnc2c(C(N)c2cc(CN3CCCC(C)C3)ns2)n1. The molecule has 1 saturated heterocycles. The van der Waals surface area contributed by atoms with Gasteiger partial charge in [-0.1, -0.05) is 37.3 Å². The molecule has 4 aromatic heterocycles. The summed E-state index contributed by atoms with van der Waals surface area (Å²) in [4.78, 5) is 25.5. The summed E-state index contributed by atoms with van der Waals surface area (Å²) in [5.41, 5.74) is 12.9. The number of likely N-dealkylation sites (tertiary alicyclic amines) is 1. The van der Waals surface area contributed by atoms with Gasteiger partial charge in [0.1, 0.15) is 12.2 Å². The molecule has 5 aromatic rings. The number of nitrogens with two attached hydrogens (primary N) is 1. The van der Waals surface area contributed by atoms with Crippen LogP contribution >= 0.6 is 11.5 Å². The Balaban J connectivity index is 1.17. The molecule has 0 aliphatic carbocycles. The van der Waals surface area contributed by atoms with Gasteiger partial charge in [-0.05, 0) is 55.4 Å². The third-order valence-electron chi connectivity index (χ3n) is 7.51. The number of fused-ring (bicyclic) bond motifs is 1. The van der Waals surface area contributed by atoms with Crippen LogP contribution in [0.2, 0.25) is 0 Å². The second-order valence-corrected chi connectivity index (χ2v) is 11.8. The van der Waals surface area contributed by atoms with Gasteiger partial charge in [0, 0.05) is 42.5 Å². The van der Waals surface area contributed by atoms with Crippen molar-refractivity contribution in [2.75, 3.05) is 13.1 Å². The number of benzene rings is 1. The molecule has 1 aliphatic rings. The molecular weight excluding hydrogens is 534 g/mol. The summed E-state index contributed by atoms with van der Waals surface area (Å²) in [5.74, 6) is 0.626. The number of imidazole rings is 1. The lowest BCUT2D eigenvalue weighted by molar-refractivity contribution is -0.122. The number of aryl methyl sites for hydroxylation is 1. The first-order valence-corrected chi connectivity index (χ1v) is 14.8. The molecule has 6 rings (SSSR count). The van der Waals surface area contributed by atoms with Gasteiger partial charge in [-0.15, -0.1) is 0 Å². The lowest BCUT2D eigenvalue weighted by Gasteiger charge is -2.30. The molecule has 0 bridgehead atoms. The monoisotopic (exact) mass is 569 g/mol. The fourth-order valence-corrected chi connectivity index (χ4v) is 6.23. The molecule has 11 heteroatoms. The molecule has 2 unspecified atom stereocenters. The Bertz CT molecular complexity index is 1640. The third kappa shape index (κ3) is 6.22. The fourth-order valence-electron chi connectivity index (χ4n) is 5.48. The van der Waals surface area contributed by atoms with Crippen LogP contribution < -0.4 is 11.1 Å². The zero-order valence-electron chi connectivity index (χ0n) is 23.4. The topological polar surface area (TPSA) is 119 Å². The molecule has 3 N–H and O–H groups in total. The van der Waals surface area contributed by atoms with Crippen LogP contribution in [0.5, 0.6) is 0 Å². The molecule has 5 heterocycles. The largest absolute Gasteiger partial charge is 0.350 e. The van der Waals surface area contributed by atoms with E-state index in [0.29, 0.717) is 17.9 Å². The maximum Gasteiger partial charge on any atom is 0.241 e. The average molecular weight is 570 g/mol. The number of piperidine rings is 1. The van der Waals surface area contributed by atoms with Crippen LogP contribution in [-0.4, -0.2) is 52.4 Å². The highest BCUT2D eigenvalue weighted by Gasteiger charge is 2.23. The summed E-state index contributed by atoms with van der Waals surface area (Å²) in [7, 11) is 0. The van der Waals surface area contributed by atoms with Crippen molar-refractivity contribution in [3.63, 3.8) is 0 Å². The zero-order chi connectivity index (χ0) is 28.3. The minimum Gasteiger partial charge on any atom is -0.350 e. The number of nitrogens with zero attached hydrogens (tertiary/aromatic N) is 7. The molecule has 1 aromatic carbocycles. The predicted molar refractivity (Wildman–Crippen MR) is 159 cm³/mol. The highest BCUT2D eigenvalue weighted by molar-refractivity contribution is 7.05. The van der Waals surface area contributed by atoms with Crippen molar-refractivity contribution in [3.05, 3.63) is 88.7 Å². The summed E-state index contributed by atoms with van der Waals surface area (Å²) >= 11 is 1.44. The lowest BCUT2D eigenvalue weighted by Crippen LogP contribution is -2.33. The Morgan fingerprint density at radius 2 is 2.07 bits per heavy atom. The van der Waals surface area contributed by atoms with Crippen LogP contribution in [0.4, 0.5) is 0 Å². The normalized spacial score (nSPS) is 16.7. The average Bonchev–Trinajstić information content (AvgIpc) is 3.72. The predicted octanol–water partition coefficient (Wildman–Crippen LogP) is 3.95. The first kappa shape index (κ1) is 27.3. The molecule has 2 atom stereocenters. The molecule has 0 saturated carbocycles. The lowest BCUT2D eigenvalue weighted by atomic mass is 10.0. The highest BCUT2D eigenvalue weighted by atomic mass is 32.1. The van der Waals surface area contributed by atoms with E-state index in [4.69, 9.17) is 20.1 Å². The van der Waals surface area contributed by atoms with Gasteiger partial charge < -0.3 is 11.1 Å². The van der Waals surface area contributed by atoms with Gasteiger partial charge in [0.25, 0.3) is 0 Å². The van der Waals surface area contributed by atoms with E-state index in [9.17, 15) is 4.79 Å². The molecule has 212 valence electrons. The summed E-state index contributed by atoms with van der Waals surface area (Å²) < 4.78 is 8.36. The number of rotatable bonds is 9. The first-order chi connectivity index (χ1) is 19.9. The Morgan fingerprint density at radius 1 is 1.22 bits per heavy atom. The molecule has 0 radical (unpaired) electrons. The zero-order valence-corrected chi connectivity index (χ0v) is 24.2. The van der Waals surface area contributed by atoms with Crippen molar-refractivity contribution in [3.8, 4) is 11.3 Å². The number of aromatic nitrogens is 6. The van der Waals surface area contributed by atoms with E-state index in [-0.39, 0.29) is 12.5 Å². The molecule has 1 fully saturated rings. The van der Waals surface area contributed by atoms with Crippen LogP contribution in [-0.2, 0) is 24.4 Å². The van der Waals surface area contributed by atoms with Crippen LogP contribution in [0.15, 0.2) is 61.2 Å². The van der Waals surface area contributed by atoms with Crippen molar-refractivity contribution >= 4 is 23.1 Å². The minimum atomic E-state index is -0.435. The molecule has 41 heavy (non-hydrogen) atoms. The Hall–Kier alpha value is -3.93. The van der Waals surface area contributed by atoms with Crippen molar-refractivity contribution in [1.29, 1.82) is 0 Å². The van der Waals surface area contributed by atoms with Gasteiger partial charge >= 0.3 is 0 Å². The third-order valence-corrected chi connectivity index (χ3v) is 8.42. The van der Waals surface area contributed by atoms with Crippen molar-refractivity contribution in [1.82, 2.24) is 38.7 Å². The number of amides is 1. The highest BCUT2D eigenvalue weighted by Crippen LogP contribution is 2.29. The first-order valence-electron chi connectivity index (χ1n) is 14.0. The Labute approximate surface area is 243 Å². The van der Waals surface area contributed by atoms with Gasteiger partial charge in [-0.2, -0.15) is 9.47 Å². The summed E-state index contributed by atoms with van der Waals surface area (Å²) in [6, 6.07) is 11.5. The van der Waals surface area contributed by atoms with E-state index in [1.807, 2.05) is 54.0 Å². The van der Waals surface area contributed by atoms with E-state index >= 15 is 0 Å². The molecule has 1 amide bonds. The van der Waals surface area contributed by atoms with E-state index in [0.717, 1.165) is 58.6 Å².